The van der Waals surface area contributed by atoms with Crippen LogP contribution >= 0.6 is 12.2 Å². The van der Waals surface area contributed by atoms with Gasteiger partial charge in [-0.2, -0.15) is 5.10 Å². The molecule has 1 aliphatic rings. The first-order valence-corrected chi connectivity index (χ1v) is 9.13. The van der Waals surface area contributed by atoms with Crippen molar-refractivity contribution in [1.82, 2.24) is 10.7 Å². The van der Waals surface area contributed by atoms with Crippen LogP contribution in [-0.4, -0.2) is 55.1 Å². The lowest BCUT2D eigenvalue weighted by Gasteiger charge is -2.23. The molecular formula is C17H26N5O3S+. The van der Waals surface area contributed by atoms with E-state index in [0.717, 1.165) is 45.8 Å². The number of aryl methyl sites for hydroxylation is 1. The van der Waals surface area contributed by atoms with Gasteiger partial charge in [-0.1, -0.05) is 12.1 Å². The van der Waals surface area contributed by atoms with Gasteiger partial charge in [0.2, 0.25) is 0 Å². The normalized spacial score (nSPS) is 15.5. The summed E-state index contributed by atoms with van der Waals surface area (Å²) in [5.41, 5.74) is 4.83. The summed E-state index contributed by atoms with van der Waals surface area (Å²) < 4.78 is 5.34. The van der Waals surface area contributed by atoms with Crippen LogP contribution in [-0.2, 0) is 4.74 Å². The smallest absolute Gasteiger partial charge is 0.272 e. The first-order valence-electron chi connectivity index (χ1n) is 8.72. The van der Waals surface area contributed by atoms with Crippen molar-refractivity contribution < 1.29 is 14.6 Å². The zero-order valence-corrected chi connectivity index (χ0v) is 16.0. The molecule has 1 aromatic carbocycles. The van der Waals surface area contributed by atoms with Gasteiger partial charge < -0.3 is 15.0 Å². The second-order valence-electron chi connectivity index (χ2n) is 6.29. The number of benzene rings is 1. The molecular weight excluding hydrogens is 354 g/mol. The number of hydrogen-bond donors (Lipinski definition) is 3. The monoisotopic (exact) mass is 380 g/mol. The molecule has 1 heterocycles. The summed E-state index contributed by atoms with van der Waals surface area (Å²) in [4.78, 5) is 12.2. The molecule has 2 rings (SSSR count). The fourth-order valence-electron chi connectivity index (χ4n) is 2.72. The first kappa shape index (κ1) is 20.2. The number of ether oxygens (including phenoxy) is 1. The van der Waals surface area contributed by atoms with Gasteiger partial charge in [0.1, 0.15) is 13.1 Å². The van der Waals surface area contributed by atoms with Crippen LogP contribution in [0.3, 0.4) is 0 Å². The third-order valence-corrected chi connectivity index (χ3v) is 4.58. The quantitative estimate of drug-likeness (QED) is 0.208. The summed E-state index contributed by atoms with van der Waals surface area (Å²) in [6, 6.07) is 5.05. The molecule has 26 heavy (non-hydrogen) atoms. The molecule has 1 aromatic rings. The van der Waals surface area contributed by atoms with Crippen molar-refractivity contribution in [1.29, 1.82) is 0 Å². The third kappa shape index (κ3) is 6.32. The number of hydrogen-bond acceptors (Lipinski definition) is 5. The molecule has 0 radical (unpaired) electrons. The Kier molecular flexibility index (Phi) is 7.89. The Morgan fingerprint density at radius 1 is 1.42 bits per heavy atom. The molecule has 8 nitrogen and oxygen atoms in total. The van der Waals surface area contributed by atoms with Crippen LogP contribution < -0.4 is 15.6 Å². The van der Waals surface area contributed by atoms with E-state index in [4.69, 9.17) is 17.0 Å². The lowest BCUT2D eigenvalue weighted by molar-refractivity contribution is -0.908. The molecule has 0 unspecified atom stereocenters. The van der Waals surface area contributed by atoms with Crippen molar-refractivity contribution in [3.63, 3.8) is 0 Å². The van der Waals surface area contributed by atoms with E-state index >= 15 is 0 Å². The van der Waals surface area contributed by atoms with Gasteiger partial charge in [-0.05, 0) is 26.1 Å². The summed E-state index contributed by atoms with van der Waals surface area (Å²) in [7, 11) is 0. The topological polar surface area (TPSA) is 93.2 Å². The van der Waals surface area contributed by atoms with E-state index in [2.05, 4.69) is 15.8 Å². The van der Waals surface area contributed by atoms with Crippen LogP contribution in [0.5, 0.6) is 0 Å². The summed E-state index contributed by atoms with van der Waals surface area (Å²) in [6.45, 7) is 9.18. The third-order valence-electron chi connectivity index (χ3n) is 4.34. The van der Waals surface area contributed by atoms with E-state index in [-0.39, 0.29) is 10.6 Å². The number of nitrogens with zero attached hydrogens (tertiary/aromatic N) is 2. The number of thiocarbonyl (C=S) groups is 1. The van der Waals surface area contributed by atoms with Crippen molar-refractivity contribution in [2.75, 3.05) is 39.4 Å². The average molecular weight is 380 g/mol. The maximum Gasteiger partial charge on any atom is 0.272 e. The second kappa shape index (κ2) is 10.1. The van der Waals surface area contributed by atoms with Gasteiger partial charge in [0, 0.05) is 30.2 Å². The van der Waals surface area contributed by atoms with Gasteiger partial charge in [0.15, 0.2) is 5.11 Å². The predicted molar refractivity (Wildman–Crippen MR) is 105 cm³/mol. The van der Waals surface area contributed by atoms with Gasteiger partial charge in [-0.3, -0.25) is 15.5 Å². The van der Waals surface area contributed by atoms with Crippen molar-refractivity contribution in [3.8, 4) is 0 Å². The number of nitrogens with one attached hydrogen (secondary N) is 3. The molecule has 9 heteroatoms. The van der Waals surface area contributed by atoms with Crippen molar-refractivity contribution in [2.45, 2.75) is 20.3 Å². The van der Waals surface area contributed by atoms with E-state index in [1.54, 1.807) is 24.8 Å². The Morgan fingerprint density at radius 2 is 2.15 bits per heavy atom. The van der Waals surface area contributed by atoms with Crippen molar-refractivity contribution in [3.05, 3.63) is 39.4 Å². The van der Waals surface area contributed by atoms with Gasteiger partial charge in [-0.15, -0.1) is 0 Å². The standard InChI is InChI=1S/C17H25N5O3S/c1-13-4-5-15(12-16(13)22(23)24)14(2)19-20-17(26)18-6-3-7-21-8-10-25-11-9-21/h4-5,12H,3,6-11H2,1-2H3,(H2,18,20,26)/p+1/b19-14-. The van der Waals surface area contributed by atoms with Crippen LogP contribution in [0.25, 0.3) is 0 Å². The number of nitro benzene ring substituents is 1. The Labute approximate surface area is 158 Å². The Bertz CT molecular complexity index is 674. The van der Waals surface area contributed by atoms with Crippen LogP contribution in [0.2, 0.25) is 0 Å². The highest BCUT2D eigenvalue weighted by Gasteiger charge is 2.13. The number of quaternary nitrogens is 1. The SMILES string of the molecule is C/C(=N/NC(=S)NCCC[NH+]1CCOCC1)c1ccc(C)c([N+](=O)[O-])c1. The van der Waals surface area contributed by atoms with Crippen LogP contribution in [0.15, 0.2) is 23.3 Å². The van der Waals surface area contributed by atoms with Crippen LogP contribution in [0.4, 0.5) is 5.69 Å². The average Bonchev–Trinajstić information content (AvgIpc) is 2.64. The maximum atomic E-state index is 11.0. The molecule has 1 saturated heterocycles. The minimum atomic E-state index is -0.387. The van der Waals surface area contributed by atoms with E-state index in [0.29, 0.717) is 22.0 Å². The van der Waals surface area contributed by atoms with E-state index < -0.39 is 0 Å². The lowest BCUT2D eigenvalue weighted by atomic mass is 10.1. The highest BCUT2D eigenvalue weighted by atomic mass is 32.1. The molecule has 1 aliphatic heterocycles. The minimum Gasteiger partial charge on any atom is -0.370 e. The zero-order valence-electron chi connectivity index (χ0n) is 15.2. The lowest BCUT2D eigenvalue weighted by Crippen LogP contribution is -3.14. The fourth-order valence-corrected chi connectivity index (χ4v) is 2.87. The van der Waals surface area contributed by atoms with E-state index in [9.17, 15) is 10.1 Å². The Hall–Kier alpha value is -2.10. The summed E-state index contributed by atoms with van der Waals surface area (Å²) >= 11 is 5.22. The largest absolute Gasteiger partial charge is 0.370 e. The van der Waals surface area contributed by atoms with E-state index in [1.165, 1.54) is 6.07 Å². The zero-order chi connectivity index (χ0) is 18.9. The molecule has 1 fully saturated rings. The molecule has 0 aromatic heterocycles. The molecule has 0 saturated carbocycles. The molecule has 3 N–H and O–H groups in total. The van der Waals surface area contributed by atoms with Crippen molar-refractivity contribution in [2.24, 2.45) is 5.10 Å². The van der Waals surface area contributed by atoms with Gasteiger partial charge in [-0.25, -0.2) is 0 Å². The Morgan fingerprint density at radius 3 is 2.85 bits per heavy atom. The molecule has 0 bridgehead atoms. The molecule has 142 valence electrons. The van der Waals surface area contributed by atoms with Crippen LogP contribution in [0.1, 0.15) is 24.5 Å². The Balaban J connectivity index is 1.76. The molecule has 0 spiro atoms. The van der Waals surface area contributed by atoms with Gasteiger partial charge in [0.05, 0.1) is 30.4 Å². The number of nitro groups is 1. The number of hydrazone groups is 1. The molecule has 0 aliphatic carbocycles. The highest BCUT2D eigenvalue weighted by Crippen LogP contribution is 2.19. The molecule has 0 amide bonds. The summed E-state index contributed by atoms with van der Waals surface area (Å²) in [6.07, 6.45) is 1.02. The number of rotatable bonds is 7. The summed E-state index contributed by atoms with van der Waals surface area (Å²) in [5, 5.41) is 18.8. The van der Waals surface area contributed by atoms with Gasteiger partial charge in [0.25, 0.3) is 5.69 Å². The predicted octanol–water partition coefficient (Wildman–Crippen LogP) is 0.397. The molecule has 0 atom stereocenters. The first-order chi connectivity index (χ1) is 12.5. The van der Waals surface area contributed by atoms with Gasteiger partial charge >= 0.3 is 0 Å². The van der Waals surface area contributed by atoms with E-state index in [1.807, 2.05) is 6.07 Å². The fraction of sp³-hybridized carbons (Fsp3) is 0.529. The maximum absolute atomic E-state index is 11.0. The highest BCUT2D eigenvalue weighted by molar-refractivity contribution is 7.80. The second-order valence-corrected chi connectivity index (χ2v) is 6.70. The van der Waals surface area contributed by atoms with Crippen LogP contribution in [0, 0.1) is 17.0 Å². The summed E-state index contributed by atoms with van der Waals surface area (Å²) in [5.74, 6) is 0. The number of morpholine rings is 1. The minimum absolute atomic E-state index is 0.0864. The van der Waals surface area contributed by atoms with Crippen molar-refractivity contribution >= 4 is 28.7 Å².